The van der Waals surface area contributed by atoms with Gasteiger partial charge in [0.1, 0.15) is 6.04 Å². The number of anilines is 1. The molecule has 8 nitrogen and oxygen atoms in total. The van der Waals surface area contributed by atoms with Crippen molar-refractivity contribution in [1.82, 2.24) is 14.2 Å². The summed E-state index contributed by atoms with van der Waals surface area (Å²) in [6.45, 7) is 4.26. The lowest BCUT2D eigenvalue weighted by Crippen LogP contribution is -2.44. The minimum absolute atomic E-state index is 0.0137. The van der Waals surface area contributed by atoms with E-state index in [0.717, 1.165) is 16.3 Å². The van der Waals surface area contributed by atoms with Gasteiger partial charge in [0.05, 0.1) is 10.6 Å². The van der Waals surface area contributed by atoms with Crippen LogP contribution in [0.5, 0.6) is 0 Å². The SMILES string of the molecule is CC(C)C(=O)N1CCCC1C(=O)Nc1nc(-c2ccc(S(=O)(=O)N(C)C)cc2)cs1. The maximum Gasteiger partial charge on any atom is 0.248 e. The molecule has 162 valence electrons. The van der Waals surface area contributed by atoms with Crippen LogP contribution in [-0.4, -0.2) is 61.1 Å². The van der Waals surface area contributed by atoms with Gasteiger partial charge in [0.2, 0.25) is 21.8 Å². The molecule has 0 aliphatic carbocycles. The predicted octanol–water partition coefficient (Wildman–Crippen LogP) is 2.65. The van der Waals surface area contributed by atoms with Gasteiger partial charge in [0.25, 0.3) is 0 Å². The standard InChI is InChI=1S/C20H26N4O4S2/c1-13(2)19(26)24-11-5-6-17(24)18(25)22-20-21-16(12-29-20)14-7-9-15(10-8-14)30(27,28)23(3)4/h7-10,12-13,17H,5-6,11H2,1-4H3,(H,21,22,25). The van der Waals surface area contributed by atoms with Gasteiger partial charge >= 0.3 is 0 Å². The fraction of sp³-hybridized carbons (Fsp3) is 0.450. The fourth-order valence-corrected chi connectivity index (χ4v) is 4.92. The lowest BCUT2D eigenvalue weighted by Gasteiger charge is -2.25. The molecule has 0 bridgehead atoms. The van der Waals surface area contributed by atoms with E-state index in [-0.39, 0.29) is 22.6 Å². The molecular formula is C20H26N4O4S2. The molecule has 1 N–H and O–H groups in total. The molecule has 1 unspecified atom stereocenters. The number of hydrogen-bond acceptors (Lipinski definition) is 6. The molecule has 30 heavy (non-hydrogen) atoms. The summed E-state index contributed by atoms with van der Waals surface area (Å²) in [6, 6.07) is 5.99. The number of amides is 2. The summed E-state index contributed by atoms with van der Waals surface area (Å²) in [5.41, 5.74) is 1.40. The van der Waals surface area contributed by atoms with Crippen molar-refractivity contribution in [1.29, 1.82) is 0 Å². The molecule has 2 aromatic rings. The maximum atomic E-state index is 12.7. The van der Waals surface area contributed by atoms with E-state index in [9.17, 15) is 18.0 Å². The van der Waals surface area contributed by atoms with Gasteiger partial charge in [-0.15, -0.1) is 11.3 Å². The Morgan fingerprint density at radius 3 is 2.50 bits per heavy atom. The van der Waals surface area contributed by atoms with E-state index in [2.05, 4.69) is 10.3 Å². The van der Waals surface area contributed by atoms with Gasteiger partial charge in [-0.1, -0.05) is 26.0 Å². The molecule has 1 aliphatic heterocycles. The zero-order valence-electron chi connectivity index (χ0n) is 17.5. The smallest absolute Gasteiger partial charge is 0.248 e. The third kappa shape index (κ3) is 4.55. The average molecular weight is 451 g/mol. The van der Waals surface area contributed by atoms with Crippen LogP contribution in [0.2, 0.25) is 0 Å². The highest BCUT2D eigenvalue weighted by molar-refractivity contribution is 7.89. The molecule has 2 amide bonds. The first-order valence-corrected chi connectivity index (χ1v) is 12.0. The van der Waals surface area contributed by atoms with E-state index in [4.69, 9.17) is 0 Å². The minimum atomic E-state index is -3.49. The van der Waals surface area contributed by atoms with E-state index in [1.54, 1.807) is 22.4 Å². The van der Waals surface area contributed by atoms with Gasteiger partial charge < -0.3 is 10.2 Å². The average Bonchev–Trinajstić information content (AvgIpc) is 3.37. The quantitative estimate of drug-likeness (QED) is 0.729. The molecule has 0 spiro atoms. The molecule has 1 saturated heterocycles. The van der Waals surface area contributed by atoms with Crippen LogP contribution in [-0.2, 0) is 19.6 Å². The third-order valence-corrected chi connectivity index (χ3v) is 7.58. The van der Waals surface area contributed by atoms with Crippen LogP contribution < -0.4 is 5.32 Å². The first-order valence-electron chi connectivity index (χ1n) is 9.71. The molecule has 1 fully saturated rings. The van der Waals surface area contributed by atoms with Crippen molar-refractivity contribution in [2.45, 2.75) is 37.6 Å². The Hall–Kier alpha value is -2.30. The van der Waals surface area contributed by atoms with Crippen LogP contribution in [0.4, 0.5) is 5.13 Å². The predicted molar refractivity (Wildman–Crippen MR) is 117 cm³/mol. The van der Waals surface area contributed by atoms with Crippen molar-refractivity contribution in [2.75, 3.05) is 26.0 Å². The van der Waals surface area contributed by atoms with Crippen LogP contribution in [0.15, 0.2) is 34.5 Å². The highest BCUT2D eigenvalue weighted by Gasteiger charge is 2.35. The summed E-state index contributed by atoms with van der Waals surface area (Å²) in [6.07, 6.45) is 1.45. The summed E-state index contributed by atoms with van der Waals surface area (Å²) in [5, 5.41) is 5.07. The number of benzene rings is 1. The Kier molecular flexibility index (Phi) is 6.59. The third-order valence-electron chi connectivity index (χ3n) is 5.00. The van der Waals surface area contributed by atoms with Crippen molar-refractivity contribution < 1.29 is 18.0 Å². The number of rotatable bonds is 6. The molecule has 0 saturated carbocycles. The number of thiazole rings is 1. The largest absolute Gasteiger partial charge is 0.330 e. The van der Waals surface area contributed by atoms with E-state index in [0.29, 0.717) is 23.8 Å². The summed E-state index contributed by atoms with van der Waals surface area (Å²) in [7, 11) is -0.518. The van der Waals surface area contributed by atoms with Gasteiger partial charge in [-0.2, -0.15) is 0 Å². The lowest BCUT2D eigenvalue weighted by atomic mass is 10.1. The lowest BCUT2D eigenvalue weighted by molar-refractivity contribution is -0.139. The minimum Gasteiger partial charge on any atom is -0.330 e. The number of hydrogen-bond donors (Lipinski definition) is 1. The molecule has 3 rings (SSSR count). The first kappa shape index (κ1) is 22.4. The van der Waals surface area contributed by atoms with Crippen LogP contribution in [0.1, 0.15) is 26.7 Å². The van der Waals surface area contributed by atoms with E-state index in [1.807, 2.05) is 13.8 Å². The second-order valence-corrected chi connectivity index (χ2v) is 10.7. The van der Waals surface area contributed by atoms with Crippen LogP contribution >= 0.6 is 11.3 Å². The Balaban J connectivity index is 1.71. The van der Waals surface area contributed by atoms with E-state index in [1.165, 1.54) is 37.6 Å². The van der Waals surface area contributed by atoms with Crippen molar-refractivity contribution >= 4 is 38.3 Å². The van der Waals surface area contributed by atoms with E-state index < -0.39 is 16.1 Å². The highest BCUT2D eigenvalue weighted by atomic mass is 32.2. The second-order valence-electron chi connectivity index (χ2n) is 7.68. The maximum absolute atomic E-state index is 12.7. The van der Waals surface area contributed by atoms with Crippen molar-refractivity contribution in [2.24, 2.45) is 5.92 Å². The van der Waals surface area contributed by atoms with Crippen LogP contribution in [0, 0.1) is 5.92 Å². The summed E-state index contributed by atoms with van der Waals surface area (Å²) in [4.78, 5) is 31.3. The van der Waals surface area contributed by atoms with Crippen molar-refractivity contribution in [3.05, 3.63) is 29.6 Å². The van der Waals surface area contributed by atoms with Gasteiger partial charge in [0, 0.05) is 37.5 Å². The Morgan fingerprint density at radius 2 is 1.90 bits per heavy atom. The van der Waals surface area contributed by atoms with E-state index >= 15 is 0 Å². The monoisotopic (exact) mass is 450 g/mol. The molecule has 10 heteroatoms. The normalized spacial score (nSPS) is 17.0. The molecule has 2 heterocycles. The topological polar surface area (TPSA) is 99.7 Å². The van der Waals surface area contributed by atoms with Crippen LogP contribution in [0.3, 0.4) is 0 Å². The molecular weight excluding hydrogens is 424 g/mol. The van der Waals surface area contributed by atoms with Crippen molar-refractivity contribution in [3.63, 3.8) is 0 Å². The number of carbonyl (C=O) groups is 2. The van der Waals surface area contributed by atoms with Crippen LogP contribution in [0.25, 0.3) is 11.3 Å². The molecule has 0 radical (unpaired) electrons. The number of nitrogens with zero attached hydrogens (tertiary/aromatic N) is 3. The molecule has 1 aromatic carbocycles. The van der Waals surface area contributed by atoms with Gasteiger partial charge in [-0.25, -0.2) is 17.7 Å². The summed E-state index contributed by atoms with van der Waals surface area (Å²) >= 11 is 1.29. The second kappa shape index (κ2) is 8.83. The Morgan fingerprint density at radius 1 is 1.23 bits per heavy atom. The molecule has 1 atom stereocenters. The number of carbonyl (C=O) groups excluding carboxylic acids is 2. The van der Waals surface area contributed by atoms with Gasteiger partial charge in [-0.3, -0.25) is 9.59 Å². The summed E-state index contributed by atoms with van der Waals surface area (Å²) < 4.78 is 25.5. The van der Waals surface area contributed by atoms with Gasteiger partial charge in [0.15, 0.2) is 5.13 Å². The van der Waals surface area contributed by atoms with Gasteiger partial charge in [-0.05, 0) is 25.0 Å². The molecule has 1 aromatic heterocycles. The number of aromatic nitrogens is 1. The number of nitrogens with one attached hydrogen (secondary N) is 1. The highest BCUT2D eigenvalue weighted by Crippen LogP contribution is 2.27. The Labute approximate surface area is 181 Å². The number of likely N-dealkylation sites (tertiary alicyclic amines) is 1. The fourth-order valence-electron chi connectivity index (χ4n) is 3.30. The first-order chi connectivity index (χ1) is 14.1. The Bertz CT molecular complexity index is 1030. The summed E-state index contributed by atoms with van der Waals surface area (Å²) in [5.74, 6) is -0.390. The number of sulfonamides is 1. The molecule has 1 aliphatic rings. The zero-order chi connectivity index (χ0) is 22.1. The zero-order valence-corrected chi connectivity index (χ0v) is 19.1. The van der Waals surface area contributed by atoms with Crippen molar-refractivity contribution in [3.8, 4) is 11.3 Å².